The van der Waals surface area contributed by atoms with Crippen molar-refractivity contribution in [3.63, 3.8) is 0 Å². The van der Waals surface area contributed by atoms with E-state index in [0.717, 1.165) is 16.3 Å². The summed E-state index contributed by atoms with van der Waals surface area (Å²) in [5.74, 6) is -0.323. The van der Waals surface area contributed by atoms with Gasteiger partial charge in [-0.15, -0.1) is 11.8 Å². The van der Waals surface area contributed by atoms with Gasteiger partial charge in [0.05, 0.1) is 17.7 Å². The van der Waals surface area contributed by atoms with E-state index in [-0.39, 0.29) is 6.10 Å². The van der Waals surface area contributed by atoms with Crippen molar-refractivity contribution in [3.8, 4) is 0 Å². The van der Waals surface area contributed by atoms with Gasteiger partial charge in [-0.1, -0.05) is 29.3 Å². The topological polar surface area (TPSA) is 75.2 Å². The van der Waals surface area contributed by atoms with Gasteiger partial charge in [0.15, 0.2) is 0 Å². The van der Waals surface area contributed by atoms with Gasteiger partial charge in [0, 0.05) is 26.9 Å². The lowest BCUT2D eigenvalue weighted by molar-refractivity contribution is -0.186. The molecule has 0 unspecified atom stereocenters. The highest BCUT2D eigenvalue weighted by molar-refractivity contribution is 7.99. The van der Waals surface area contributed by atoms with E-state index in [0.29, 0.717) is 28.8 Å². The van der Waals surface area contributed by atoms with Crippen LogP contribution in [0.1, 0.15) is 5.56 Å². The minimum Gasteiger partial charge on any atom is -0.399 e. The first-order valence-electron chi connectivity index (χ1n) is 8.62. The second-order valence-electron chi connectivity index (χ2n) is 6.40. The number of aromatic nitrogens is 3. The van der Waals surface area contributed by atoms with Gasteiger partial charge in [-0.3, -0.25) is 0 Å². The predicted octanol–water partition coefficient (Wildman–Crippen LogP) is 4.23. The molecule has 2 atom stereocenters. The number of nitrogens with two attached hydrogens (primary N) is 1. The maximum atomic E-state index is 6.47. The fourth-order valence-electron chi connectivity index (χ4n) is 3.04. The van der Waals surface area contributed by atoms with Crippen LogP contribution in [-0.4, -0.2) is 33.2 Å². The van der Waals surface area contributed by atoms with E-state index in [9.17, 15) is 0 Å². The van der Waals surface area contributed by atoms with Crippen LogP contribution >= 0.6 is 35.0 Å². The Hall–Kier alpha value is -1.77. The molecule has 1 aromatic heterocycles. The van der Waals surface area contributed by atoms with Gasteiger partial charge >= 0.3 is 0 Å². The predicted molar refractivity (Wildman–Crippen MR) is 111 cm³/mol. The van der Waals surface area contributed by atoms with Crippen molar-refractivity contribution in [2.75, 3.05) is 18.1 Å². The highest BCUT2D eigenvalue weighted by Gasteiger charge is 2.45. The van der Waals surface area contributed by atoms with Crippen molar-refractivity contribution in [1.82, 2.24) is 14.8 Å². The normalized spacial score (nSPS) is 21.9. The lowest BCUT2D eigenvalue weighted by Crippen LogP contribution is -2.34. The minimum atomic E-state index is -1.05. The number of hydrogen-bond donors (Lipinski definition) is 1. The van der Waals surface area contributed by atoms with Crippen molar-refractivity contribution < 1.29 is 9.47 Å². The Morgan fingerprint density at radius 1 is 1.21 bits per heavy atom. The summed E-state index contributed by atoms with van der Waals surface area (Å²) in [6.07, 6.45) is 2.98. The van der Waals surface area contributed by atoms with Crippen molar-refractivity contribution in [1.29, 1.82) is 0 Å². The zero-order chi connectivity index (χ0) is 19.6. The summed E-state index contributed by atoms with van der Waals surface area (Å²) in [7, 11) is 0. The number of rotatable bonds is 6. The second-order valence-corrected chi connectivity index (χ2v) is 8.34. The highest BCUT2D eigenvalue weighted by Crippen LogP contribution is 2.41. The third-order valence-corrected chi connectivity index (χ3v) is 6.05. The number of benzene rings is 2. The number of nitrogens with zero attached hydrogens (tertiary/aromatic N) is 3. The number of ether oxygens (including phenoxy) is 2. The molecule has 28 heavy (non-hydrogen) atoms. The molecule has 0 radical (unpaired) electrons. The summed E-state index contributed by atoms with van der Waals surface area (Å²) < 4.78 is 14.2. The standard InChI is InChI=1S/C19H18Cl2N4O2S/c20-13-1-6-17(18(21)7-13)19(10-25-12-23-11-24-25)26-8-15(27-19)9-28-16-4-2-14(22)3-5-16/h1-7,11-12,15H,8-10,22H2/t15-,19+/m0/s1. The van der Waals surface area contributed by atoms with E-state index in [1.807, 2.05) is 30.3 Å². The van der Waals surface area contributed by atoms with Crippen molar-refractivity contribution in [2.45, 2.75) is 23.3 Å². The molecular formula is C19H18Cl2N4O2S. The van der Waals surface area contributed by atoms with Crippen molar-refractivity contribution >= 4 is 40.7 Å². The van der Waals surface area contributed by atoms with Crippen molar-refractivity contribution in [2.24, 2.45) is 0 Å². The monoisotopic (exact) mass is 436 g/mol. The van der Waals surface area contributed by atoms with Crippen LogP contribution < -0.4 is 5.73 Å². The molecular weight excluding hydrogens is 419 g/mol. The van der Waals surface area contributed by atoms with Gasteiger partial charge in [0.1, 0.15) is 19.2 Å². The Kier molecular flexibility index (Phi) is 5.80. The van der Waals surface area contributed by atoms with Crippen LogP contribution in [0.2, 0.25) is 10.0 Å². The molecule has 2 aromatic carbocycles. The van der Waals surface area contributed by atoms with Gasteiger partial charge in [-0.25, -0.2) is 9.67 Å². The zero-order valence-electron chi connectivity index (χ0n) is 14.8. The minimum absolute atomic E-state index is 0.113. The Balaban J connectivity index is 1.54. The second kappa shape index (κ2) is 8.31. The first-order chi connectivity index (χ1) is 13.5. The number of anilines is 1. The molecule has 2 N–H and O–H groups in total. The number of thioether (sulfide) groups is 1. The van der Waals surface area contributed by atoms with Crippen LogP contribution in [0.25, 0.3) is 0 Å². The van der Waals surface area contributed by atoms with E-state index in [2.05, 4.69) is 10.1 Å². The molecule has 2 heterocycles. The number of halogens is 2. The summed E-state index contributed by atoms with van der Waals surface area (Å²) >= 11 is 14.2. The van der Waals surface area contributed by atoms with Crippen LogP contribution in [0.15, 0.2) is 60.0 Å². The molecule has 0 spiro atoms. The molecule has 1 saturated heterocycles. The molecule has 3 aromatic rings. The summed E-state index contributed by atoms with van der Waals surface area (Å²) in [6, 6.07) is 13.0. The molecule has 0 amide bonds. The first-order valence-corrected chi connectivity index (χ1v) is 10.4. The number of hydrogen-bond acceptors (Lipinski definition) is 6. The molecule has 4 rings (SSSR count). The van der Waals surface area contributed by atoms with Crippen molar-refractivity contribution in [3.05, 3.63) is 70.7 Å². The van der Waals surface area contributed by atoms with Gasteiger partial charge in [0.25, 0.3) is 0 Å². The molecule has 146 valence electrons. The summed E-state index contributed by atoms with van der Waals surface area (Å²) in [6.45, 7) is 0.771. The largest absolute Gasteiger partial charge is 0.399 e. The van der Waals surface area contributed by atoms with Gasteiger partial charge in [0.2, 0.25) is 5.79 Å². The Morgan fingerprint density at radius 3 is 2.75 bits per heavy atom. The molecule has 0 bridgehead atoms. The molecule has 0 aliphatic carbocycles. The molecule has 6 nitrogen and oxygen atoms in total. The highest BCUT2D eigenvalue weighted by atomic mass is 35.5. The zero-order valence-corrected chi connectivity index (χ0v) is 17.1. The molecule has 1 fully saturated rings. The summed E-state index contributed by atoms with van der Waals surface area (Å²) in [4.78, 5) is 5.12. The van der Waals surface area contributed by atoms with Gasteiger partial charge in [-0.05, 0) is 36.4 Å². The van der Waals surface area contributed by atoms with Gasteiger partial charge in [-0.2, -0.15) is 5.10 Å². The quantitative estimate of drug-likeness (QED) is 0.460. The van der Waals surface area contributed by atoms with Crippen LogP contribution in [0.5, 0.6) is 0 Å². The molecule has 1 aliphatic rings. The average Bonchev–Trinajstić information content (AvgIpc) is 3.32. The fraction of sp³-hybridized carbons (Fsp3) is 0.263. The van der Waals surface area contributed by atoms with Crippen LogP contribution in [-0.2, 0) is 21.8 Å². The smallest absolute Gasteiger partial charge is 0.217 e. The van der Waals surface area contributed by atoms with Gasteiger partial charge < -0.3 is 15.2 Å². The maximum absolute atomic E-state index is 6.47. The molecule has 9 heteroatoms. The lowest BCUT2D eigenvalue weighted by Gasteiger charge is -2.29. The molecule has 1 aliphatic heterocycles. The van der Waals surface area contributed by atoms with E-state index in [1.54, 1.807) is 34.9 Å². The molecule has 0 saturated carbocycles. The maximum Gasteiger partial charge on any atom is 0.217 e. The van der Waals surface area contributed by atoms with Crippen LogP contribution in [0, 0.1) is 0 Å². The summed E-state index contributed by atoms with van der Waals surface area (Å²) in [5.41, 5.74) is 7.21. The number of nitrogen functional groups attached to an aromatic ring is 1. The summed E-state index contributed by atoms with van der Waals surface area (Å²) in [5, 5.41) is 5.22. The lowest BCUT2D eigenvalue weighted by atomic mass is 10.1. The fourth-order valence-corrected chi connectivity index (χ4v) is 4.46. The Labute approximate surface area is 176 Å². The Morgan fingerprint density at radius 2 is 2.04 bits per heavy atom. The van der Waals surface area contributed by atoms with Crippen LogP contribution in [0.3, 0.4) is 0 Å². The van der Waals surface area contributed by atoms with E-state index in [1.165, 1.54) is 6.33 Å². The average molecular weight is 437 g/mol. The van der Waals surface area contributed by atoms with E-state index in [4.69, 9.17) is 38.4 Å². The first kappa shape index (κ1) is 19.5. The van der Waals surface area contributed by atoms with E-state index >= 15 is 0 Å². The third-order valence-electron chi connectivity index (χ3n) is 4.35. The van der Waals surface area contributed by atoms with E-state index < -0.39 is 5.79 Å². The Bertz CT molecular complexity index is 940. The third kappa shape index (κ3) is 4.29. The SMILES string of the molecule is Nc1ccc(SC[C@@H]2CO[C@@](Cn3cncn3)(c3ccc(Cl)cc3Cl)O2)cc1. The van der Waals surface area contributed by atoms with Crippen LogP contribution in [0.4, 0.5) is 5.69 Å².